The standard InChI is InChI=1S/C17H18ClN3OS/c1-2-19-17(23)21-20-11-13-5-4-8-16(10-13)22-12-14-6-3-7-15(18)9-14/h3-11H,2,12H2,1H3,(H2,19,21,23). The van der Waals surface area contributed by atoms with Gasteiger partial charge in [0.25, 0.3) is 0 Å². The summed E-state index contributed by atoms with van der Waals surface area (Å²) >= 11 is 11.0. The van der Waals surface area contributed by atoms with Crippen molar-refractivity contribution in [3.05, 3.63) is 64.7 Å². The number of halogens is 1. The second-order valence-electron chi connectivity index (χ2n) is 4.72. The van der Waals surface area contributed by atoms with Gasteiger partial charge in [-0.2, -0.15) is 5.10 Å². The van der Waals surface area contributed by atoms with E-state index < -0.39 is 0 Å². The molecule has 0 aromatic heterocycles. The molecule has 2 aromatic carbocycles. The number of rotatable bonds is 6. The molecule has 0 aliphatic heterocycles. The molecule has 0 saturated carbocycles. The van der Waals surface area contributed by atoms with E-state index in [1.807, 2.05) is 55.5 Å². The quantitative estimate of drug-likeness (QED) is 0.475. The first-order chi connectivity index (χ1) is 11.2. The van der Waals surface area contributed by atoms with Crippen LogP contribution in [0.25, 0.3) is 0 Å². The molecule has 0 saturated heterocycles. The van der Waals surface area contributed by atoms with Gasteiger partial charge in [-0.25, -0.2) is 0 Å². The monoisotopic (exact) mass is 347 g/mol. The summed E-state index contributed by atoms with van der Waals surface area (Å²) < 4.78 is 5.77. The van der Waals surface area contributed by atoms with Crippen LogP contribution in [0.5, 0.6) is 5.75 Å². The zero-order valence-corrected chi connectivity index (χ0v) is 14.3. The van der Waals surface area contributed by atoms with Gasteiger partial charge in [0.2, 0.25) is 0 Å². The zero-order valence-electron chi connectivity index (χ0n) is 12.8. The molecule has 2 aromatic rings. The molecule has 0 radical (unpaired) electrons. The van der Waals surface area contributed by atoms with E-state index in [9.17, 15) is 0 Å². The molecule has 0 bridgehead atoms. The molecule has 0 heterocycles. The molecule has 4 nitrogen and oxygen atoms in total. The van der Waals surface area contributed by atoms with Gasteiger partial charge in [-0.3, -0.25) is 5.43 Å². The summed E-state index contributed by atoms with van der Waals surface area (Å²) in [7, 11) is 0. The summed E-state index contributed by atoms with van der Waals surface area (Å²) in [6, 6.07) is 15.3. The van der Waals surface area contributed by atoms with Crippen LogP contribution in [0.15, 0.2) is 53.6 Å². The molecule has 120 valence electrons. The highest BCUT2D eigenvalue weighted by atomic mass is 35.5. The maximum atomic E-state index is 5.96. The van der Waals surface area contributed by atoms with Crippen LogP contribution in [-0.4, -0.2) is 17.9 Å². The zero-order chi connectivity index (χ0) is 16.5. The summed E-state index contributed by atoms with van der Waals surface area (Å²) in [6.07, 6.45) is 1.69. The lowest BCUT2D eigenvalue weighted by atomic mass is 10.2. The molecule has 0 atom stereocenters. The van der Waals surface area contributed by atoms with Gasteiger partial charge >= 0.3 is 0 Å². The average molecular weight is 348 g/mol. The Hall–Kier alpha value is -2.11. The summed E-state index contributed by atoms with van der Waals surface area (Å²) in [5.41, 5.74) is 4.69. The molecule has 0 fully saturated rings. The maximum absolute atomic E-state index is 5.96. The third-order valence-electron chi connectivity index (χ3n) is 2.87. The molecule has 0 unspecified atom stereocenters. The van der Waals surface area contributed by atoms with Crippen molar-refractivity contribution in [2.45, 2.75) is 13.5 Å². The van der Waals surface area contributed by atoms with Crippen LogP contribution in [0.3, 0.4) is 0 Å². The highest BCUT2D eigenvalue weighted by molar-refractivity contribution is 7.80. The molecule has 2 N–H and O–H groups in total. The lowest BCUT2D eigenvalue weighted by Gasteiger charge is -2.07. The van der Waals surface area contributed by atoms with Crippen LogP contribution >= 0.6 is 23.8 Å². The number of hydrogen-bond acceptors (Lipinski definition) is 3. The van der Waals surface area contributed by atoms with Gasteiger partial charge in [-0.05, 0) is 54.5 Å². The summed E-state index contributed by atoms with van der Waals surface area (Å²) in [4.78, 5) is 0. The van der Waals surface area contributed by atoms with Crippen molar-refractivity contribution in [2.24, 2.45) is 5.10 Å². The van der Waals surface area contributed by atoms with E-state index in [4.69, 9.17) is 28.6 Å². The Morgan fingerprint density at radius 2 is 2.09 bits per heavy atom. The van der Waals surface area contributed by atoms with Gasteiger partial charge in [0.05, 0.1) is 6.21 Å². The van der Waals surface area contributed by atoms with Crippen molar-refractivity contribution < 1.29 is 4.74 Å². The first-order valence-corrected chi connectivity index (χ1v) is 8.00. The number of ether oxygens (including phenoxy) is 1. The third kappa shape index (κ3) is 6.26. The Labute approximate surface area is 146 Å². The Kier molecular flexibility index (Phi) is 6.84. The largest absolute Gasteiger partial charge is 0.489 e. The van der Waals surface area contributed by atoms with Crippen molar-refractivity contribution in [1.82, 2.24) is 10.7 Å². The Balaban J connectivity index is 1.91. The minimum absolute atomic E-state index is 0.462. The lowest BCUT2D eigenvalue weighted by Crippen LogP contribution is -2.31. The van der Waals surface area contributed by atoms with Crippen molar-refractivity contribution in [1.29, 1.82) is 0 Å². The van der Waals surface area contributed by atoms with Crippen molar-refractivity contribution >= 4 is 35.1 Å². The second kappa shape index (κ2) is 9.12. The average Bonchev–Trinajstić information content (AvgIpc) is 2.54. The second-order valence-corrected chi connectivity index (χ2v) is 5.57. The molecule has 0 spiro atoms. The fourth-order valence-corrected chi connectivity index (χ4v) is 2.25. The number of nitrogens with zero attached hydrogens (tertiary/aromatic N) is 1. The first kappa shape index (κ1) is 17.2. The minimum atomic E-state index is 0.462. The maximum Gasteiger partial charge on any atom is 0.186 e. The molecule has 0 aliphatic carbocycles. The van der Waals surface area contributed by atoms with Gasteiger partial charge in [-0.15, -0.1) is 0 Å². The van der Waals surface area contributed by atoms with Gasteiger partial charge in [-0.1, -0.05) is 35.9 Å². The third-order valence-corrected chi connectivity index (χ3v) is 3.34. The van der Waals surface area contributed by atoms with Crippen LogP contribution in [0.4, 0.5) is 0 Å². The van der Waals surface area contributed by atoms with Gasteiger partial charge in [0, 0.05) is 11.6 Å². The Morgan fingerprint density at radius 3 is 2.87 bits per heavy atom. The highest BCUT2D eigenvalue weighted by Gasteiger charge is 1.98. The molecule has 2 rings (SSSR count). The smallest absolute Gasteiger partial charge is 0.186 e. The van der Waals surface area contributed by atoms with Gasteiger partial charge in [0.15, 0.2) is 5.11 Å². The molecule has 0 aliphatic rings. The predicted molar refractivity (Wildman–Crippen MR) is 99.2 cm³/mol. The van der Waals surface area contributed by atoms with Crippen molar-refractivity contribution in [3.8, 4) is 5.75 Å². The molecule has 0 amide bonds. The number of nitrogens with one attached hydrogen (secondary N) is 2. The molecular formula is C17H18ClN3OS. The minimum Gasteiger partial charge on any atom is -0.489 e. The highest BCUT2D eigenvalue weighted by Crippen LogP contribution is 2.16. The Bertz CT molecular complexity index is 691. The summed E-state index contributed by atoms with van der Waals surface area (Å²) in [6.45, 7) is 3.19. The van der Waals surface area contributed by atoms with E-state index >= 15 is 0 Å². The van der Waals surface area contributed by atoms with Crippen LogP contribution in [0.1, 0.15) is 18.1 Å². The van der Waals surface area contributed by atoms with E-state index in [1.165, 1.54) is 0 Å². The van der Waals surface area contributed by atoms with Crippen LogP contribution in [-0.2, 0) is 6.61 Å². The van der Waals surface area contributed by atoms with E-state index in [1.54, 1.807) is 6.21 Å². The fourth-order valence-electron chi connectivity index (χ4n) is 1.84. The molecule has 23 heavy (non-hydrogen) atoms. The van der Waals surface area contributed by atoms with E-state index in [2.05, 4.69) is 15.8 Å². The van der Waals surface area contributed by atoms with Crippen molar-refractivity contribution in [2.75, 3.05) is 6.54 Å². The van der Waals surface area contributed by atoms with Gasteiger partial charge in [0.1, 0.15) is 12.4 Å². The van der Waals surface area contributed by atoms with Gasteiger partial charge < -0.3 is 10.1 Å². The number of thiocarbonyl (C=S) groups is 1. The first-order valence-electron chi connectivity index (χ1n) is 7.21. The topological polar surface area (TPSA) is 45.7 Å². The molecule has 6 heteroatoms. The Morgan fingerprint density at radius 1 is 1.26 bits per heavy atom. The van der Waals surface area contributed by atoms with E-state index in [-0.39, 0.29) is 0 Å². The van der Waals surface area contributed by atoms with Crippen molar-refractivity contribution in [3.63, 3.8) is 0 Å². The summed E-state index contributed by atoms with van der Waals surface area (Å²) in [5, 5.41) is 8.24. The predicted octanol–water partition coefficient (Wildman–Crippen LogP) is 3.74. The van der Waals surface area contributed by atoms with E-state index in [0.717, 1.165) is 23.4 Å². The lowest BCUT2D eigenvalue weighted by molar-refractivity contribution is 0.306. The summed E-state index contributed by atoms with van der Waals surface area (Å²) in [5.74, 6) is 0.767. The normalized spacial score (nSPS) is 10.5. The fraction of sp³-hybridized carbons (Fsp3) is 0.176. The van der Waals surface area contributed by atoms with Crippen LogP contribution < -0.4 is 15.5 Å². The van der Waals surface area contributed by atoms with Crippen LogP contribution in [0.2, 0.25) is 5.02 Å². The van der Waals surface area contributed by atoms with E-state index in [0.29, 0.717) is 16.7 Å². The molecular weight excluding hydrogens is 330 g/mol. The van der Waals surface area contributed by atoms with Crippen LogP contribution in [0, 0.1) is 0 Å². The SMILES string of the molecule is CCNC(=S)NN=Cc1cccc(OCc2cccc(Cl)c2)c1. The number of benzene rings is 2. The number of hydrogen-bond donors (Lipinski definition) is 2. The number of hydrazone groups is 1.